The van der Waals surface area contributed by atoms with Crippen molar-refractivity contribution in [2.75, 3.05) is 5.32 Å². The number of benzene rings is 1. The van der Waals surface area contributed by atoms with Crippen molar-refractivity contribution in [3.05, 3.63) is 48.3 Å². The van der Waals surface area contributed by atoms with Gasteiger partial charge >= 0.3 is 0 Å². The standard InChI is InChI=1S/C15H13N5/c1-2-20-10-13(9-17-20)18-15-12(8-16)7-11-5-3-4-6-14(11)19-15/h3-7,9-10H,2H2,1H3,(H,18,19). The van der Waals surface area contributed by atoms with Crippen LogP contribution >= 0.6 is 0 Å². The number of pyridine rings is 1. The molecule has 0 aliphatic heterocycles. The maximum Gasteiger partial charge on any atom is 0.149 e. The van der Waals surface area contributed by atoms with Crippen LogP contribution in [0.5, 0.6) is 0 Å². The van der Waals surface area contributed by atoms with Gasteiger partial charge < -0.3 is 5.32 Å². The molecule has 0 aliphatic carbocycles. The Balaban J connectivity index is 2.03. The summed E-state index contributed by atoms with van der Waals surface area (Å²) in [6, 6.07) is 11.8. The molecule has 3 rings (SSSR count). The van der Waals surface area contributed by atoms with Gasteiger partial charge in [-0.15, -0.1) is 0 Å². The first-order valence-corrected chi connectivity index (χ1v) is 6.39. The molecule has 0 aliphatic rings. The largest absolute Gasteiger partial charge is 0.337 e. The Morgan fingerprint density at radius 1 is 1.35 bits per heavy atom. The van der Waals surface area contributed by atoms with Crippen LogP contribution in [0.15, 0.2) is 42.7 Å². The average molecular weight is 263 g/mol. The topological polar surface area (TPSA) is 66.5 Å². The predicted octanol–water partition coefficient (Wildman–Crippen LogP) is 3.07. The van der Waals surface area contributed by atoms with Crippen LogP contribution in [0.4, 0.5) is 11.5 Å². The Hall–Kier alpha value is -2.87. The predicted molar refractivity (Wildman–Crippen MR) is 77.6 cm³/mol. The second kappa shape index (κ2) is 5.02. The molecule has 1 aromatic carbocycles. The first-order chi connectivity index (χ1) is 9.80. The highest BCUT2D eigenvalue weighted by Crippen LogP contribution is 2.22. The normalized spacial score (nSPS) is 10.4. The number of fused-ring (bicyclic) bond motifs is 1. The highest BCUT2D eigenvalue weighted by atomic mass is 15.3. The number of hydrogen-bond donors (Lipinski definition) is 1. The van der Waals surface area contributed by atoms with Crippen LogP contribution in [0.1, 0.15) is 12.5 Å². The van der Waals surface area contributed by atoms with Gasteiger partial charge in [-0.3, -0.25) is 4.68 Å². The van der Waals surface area contributed by atoms with Gasteiger partial charge in [-0.05, 0) is 19.1 Å². The highest BCUT2D eigenvalue weighted by molar-refractivity contribution is 5.83. The summed E-state index contributed by atoms with van der Waals surface area (Å²) < 4.78 is 1.81. The van der Waals surface area contributed by atoms with Gasteiger partial charge in [0.15, 0.2) is 0 Å². The van der Waals surface area contributed by atoms with E-state index in [-0.39, 0.29) is 0 Å². The molecule has 0 saturated heterocycles. The number of hydrogen-bond acceptors (Lipinski definition) is 4. The van der Waals surface area contributed by atoms with Crippen LogP contribution in [-0.4, -0.2) is 14.8 Å². The van der Waals surface area contributed by atoms with Gasteiger partial charge in [-0.25, -0.2) is 4.98 Å². The molecule has 0 bridgehead atoms. The van der Waals surface area contributed by atoms with Crippen LogP contribution in [0.25, 0.3) is 10.9 Å². The lowest BCUT2D eigenvalue weighted by Crippen LogP contribution is -1.97. The fourth-order valence-corrected chi connectivity index (χ4v) is 2.03. The van der Waals surface area contributed by atoms with Gasteiger partial charge in [0, 0.05) is 18.1 Å². The number of nitriles is 1. The number of para-hydroxylation sites is 1. The van der Waals surface area contributed by atoms with Gasteiger partial charge in [0.25, 0.3) is 0 Å². The summed E-state index contributed by atoms with van der Waals surface area (Å²) in [5, 5.41) is 17.6. The van der Waals surface area contributed by atoms with E-state index in [9.17, 15) is 5.26 Å². The van der Waals surface area contributed by atoms with Crippen molar-refractivity contribution in [1.82, 2.24) is 14.8 Å². The highest BCUT2D eigenvalue weighted by Gasteiger charge is 2.07. The number of nitrogens with one attached hydrogen (secondary N) is 1. The Morgan fingerprint density at radius 2 is 2.20 bits per heavy atom. The lowest BCUT2D eigenvalue weighted by Gasteiger charge is -2.06. The number of aromatic nitrogens is 3. The molecule has 3 aromatic rings. The smallest absolute Gasteiger partial charge is 0.149 e. The minimum Gasteiger partial charge on any atom is -0.337 e. The minimum absolute atomic E-state index is 0.521. The summed E-state index contributed by atoms with van der Waals surface area (Å²) in [6.07, 6.45) is 3.61. The summed E-state index contributed by atoms with van der Waals surface area (Å²) in [5.41, 5.74) is 2.20. The van der Waals surface area contributed by atoms with Crippen LogP contribution in [0, 0.1) is 11.3 Å². The molecule has 0 unspecified atom stereocenters. The maximum atomic E-state index is 9.26. The zero-order chi connectivity index (χ0) is 13.9. The van der Waals surface area contributed by atoms with Crippen molar-refractivity contribution in [2.24, 2.45) is 0 Å². The van der Waals surface area contributed by atoms with Gasteiger partial charge in [0.2, 0.25) is 0 Å². The molecule has 5 nitrogen and oxygen atoms in total. The summed E-state index contributed by atoms with van der Waals surface area (Å²) >= 11 is 0. The van der Waals surface area contributed by atoms with Crippen LogP contribution < -0.4 is 5.32 Å². The third-order valence-electron chi connectivity index (χ3n) is 3.06. The Labute approximate surface area is 116 Å². The van der Waals surface area contributed by atoms with Crippen LogP contribution in [0.2, 0.25) is 0 Å². The SMILES string of the molecule is CCn1cc(Nc2nc3ccccc3cc2C#N)cn1. The van der Waals surface area contributed by atoms with E-state index in [1.165, 1.54) is 0 Å². The quantitative estimate of drug-likeness (QED) is 0.788. The van der Waals surface area contributed by atoms with Crippen molar-refractivity contribution in [1.29, 1.82) is 5.26 Å². The summed E-state index contributed by atoms with van der Waals surface area (Å²) in [5.74, 6) is 0.557. The molecule has 0 radical (unpaired) electrons. The first-order valence-electron chi connectivity index (χ1n) is 6.39. The molecular formula is C15H13N5. The molecule has 0 fully saturated rings. The lowest BCUT2D eigenvalue weighted by atomic mass is 10.1. The molecule has 0 amide bonds. The number of nitrogens with zero attached hydrogens (tertiary/aromatic N) is 4. The third-order valence-corrected chi connectivity index (χ3v) is 3.06. The van der Waals surface area contributed by atoms with Gasteiger partial charge in [-0.2, -0.15) is 10.4 Å². The number of anilines is 2. The molecule has 0 atom stereocenters. The van der Waals surface area contributed by atoms with Crippen molar-refractivity contribution in [3.63, 3.8) is 0 Å². The summed E-state index contributed by atoms with van der Waals surface area (Å²) in [7, 11) is 0. The monoisotopic (exact) mass is 263 g/mol. The molecule has 1 N–H and O–H groups in total. The second-order valence-electron chi connectivity index (χ2n) is 4.40. The molecule has 2 aromatic heterocycles. The van der Waals surface area contributed by atoms with E-state index in [0.29, 0.717) is 11.4 Å². The van der Waals surface area contributed by atoms with E-state index in [1.807, 2.05) is 48.1 Å². The van der Waals surface area contributed by atoms with Crippen molar-refractivity contribution >= 4 is 22.4 Å². The average Bonchev–Trinajstić information content (AvgIpc) is 2.94. The molecule has 20 heavy (non-hydrogen) atoms. The van der Waals surface area contributed by atoms with Crippen molar-refractivity contribution in [3.8, 4) is 6.07 Å². The Bertz CT molecular complexity index is 797. The third kappa shape index (κ3) is 2.19. The summed E-state index contributed by atoms with van der Waals surface area (Å²) in [6.45, 7) is 2.82. The van der Waals surface area contributed by atoms with Gasteiger partial charge in [0.05, 0.1) is 23.0 Å². The van der Waals surface area contributed by atoms with Gasteiger partial charge in [0.1, 0.15) is 11.9 Å². The van der Waals surface area contributed by atoms with E-state index in [1.54, 1.807) is 6.20 Å². The lowest BCUT2D eigenvalue weighted by molar-refractivity contribution is 0.660. The molecule has 2 heterocycles. The molecule has 5 heteroatoms. The minimum atomic E-state index is 0.521. The van der Waals surface area contributed by atoms with Crippen molar-refractivity contribution < 1.29 is 0 Å². The fourth-order valence-electron chi connectivity index (χ4n) is 2.03. The number of aryl methyl sites for hydroxylation is 1. The van der Waals surface area contributed by atoms with E-state index in [4.69, 9.17) is 0 Å². The molecule has 98 valence electrons. The maximum absolute atomic E-state index is 9.26. The summed E-state index contributed by atoms with van der Waals surface area (Å²) in [4.78, 5) is 4.51. The Kier molecular flexibility index (Phi) is 3.05. The zero-order valence-electron chi connectivity index (χ0n) is 11.0. The van der Waals surface area contributed by atoms with E-state index in [2.05, 4.69) is 21.5 Å². The van der Waals surface area contributed by atoms with Crippen LogP contribution in [0.3, 0.4) is 0 Å². The van der Waals surface area contributed by atoms with E-state index in [0.717, 1.165) is 23.1 Å². The first kappa shape index (κ1) is 12.2. The molecule has 0 spiro atoms. The molecular weight excluding hydrogens is 250 g/mol. The zero-order valence-corrected chi connectivity index (χ0v) is 11.0. The van der Waals surface area contributed by atoms with E-state index < -0.39 is 0 Å². The second-order valence-corrected chi connectivity index (χ2v) is 4.40. The molecule has 0 saturated carbocycles. The van der Waals surface area contributed by atoms with Crippen molar-refractivity contribution in [2.45, 2.75) is 13.5 Å². The fraction of sp³-hybridized carbons (Fsp3) is 0.133. The van der Waals surface area contributed by atoms with Gasteiger partial charge in [-0.1, -0.05) is 18.2 Å². The van der Waals surface area contributed by atoms with Crippen LogP contribution in [-0.2, 0) is 6.54 Å². The van der Waals surface area contributed by atoms with E-state index >= 15 is 0 Å². The number of rotatable bonds is 3. The Morgan fingerprint density at radius 3 is 2.95 bits per heavy atom.